The fourth-order valence-corrected chi connectivity index (χ4v) is 5.73. The second kappa shape index (κ2) is 9.56. The van der Waals surface area contributed by atoms with Gasteiger partial charge in [0.15, 0.2) is 5.84 Å². The molecular weight excluding hydrogens is 451 g/mol. The van der Waals surface area contributed by atoms with Crippen LogP contribution in [0.1, 0.15) is 17.5 Å². The van der Waals surface area contributed by atoms with E-state index in [9.17, 15) is 12.8 Å². The van der Waals surface area contributed by atoms with Gasteiger partial charge in [0.1, 0.15) is 10.7 Å². The average Bonchev–Trinajstić information content (AvgIpc) is 3.11. The highest BCUT2D eigenvalue weighted by Gasteiger charge is 2.28. The van der Waals surface area contributed by atoms with E-state index < -0.39 is 10.0 Å². The molecule has 2 heterocycles. The Morgan fingerprint density at radius 3 is 2.38 bits per heavy atom. The Balaban J connectivity index is 1.17. The fraction of sp³-hybridized carbons (Fsp3) is 0.269. The smallest absolute Gasteiger partial charge is 0.285 e. The van der Waals surface area contributed by atoms with Gasteiger partial charge in [-0.2, -0.15) is 8.42 Å². The molecule has 0 amide bonds. The molecule has 1 fully saturated rings. The van der Waals surface area contributed by atoms with Gasteiger partial charge in [-0.25, -0.2) is 4.39 Å². The summed E-state index contributed by atoms with van der Waals surface area (Å²) in [5.41, 5.74) is 3.70. The highest BCUT2D eigenvalue weighted by molar-refractivity contribution is 7.90. The van der Waals surface area contributed by atoms with Gasteiger partial charge in [0.05, 0.1) is 0 Å². The third kappa shape index (κ3) is 4.83. The predicted octanol–water partition coefficient (Wildman–Crippen LogP) is 4.14. The summed E-state index contributed by atoms with van der Waals surface area (Å²) in [5, 5.41) is 3.26. The number of fused-ring (bicyclic) bond motifs is 1. The number of hydrogen-bond donors (Lipinski definition) is 1. The predicted molar refractivity (Wildman–Crippen MR) is 134 cm³/mol. The minimum Gasteiger partial charge on any atom is -0.369 e. The van der Waals surface area contributed by atoms with Gasteiger partial charge < -0.3 is 10.2 Å². The Morgan fingerprint density at radius 2 is 1.59 bits per heavy atom. The Labute approximate surface area is 199 Å². The van der Waals surface area contributed by atoms with Crippen molar-refractivity contribution in [1.29, 1.82) is 0 Å². The first-order chi connectivity index (χ1) is 16.5. The van der Waals surface area contributed by atoms with Crippen LogP contribution in [0.3, 0.4) is 0 Å². The van der Waals surface area contributed by atoms with Crippen molar-refractivity contribution in [2.45, 2.75) is 17.7 Å². The van der Waals surface area contributed by atoms with Crippen LogP contribution in [0.4, 0.5) is 15.8 Å². The van der Waals surface area contributed by atoms with E-state index in [0.717, 1.165) is 62.5 Å². The van der Waals surface area contributed by atoms with Crippen LogP contribution in [0.25, 0.3) is 0 Å². The molecule has 0 spiro atoms. The van der Waals surface area contributed by atoms with Crippen molar-refractivity contribution in [2.24, 2.45) is 4.40 Å². The number of benzene rings is 3. The number of sulfonamides is 1. The van der Waals surface area contributed by atoms with E-state index >= 15 is 0 Å². The van der Waals surface area contributed by atoms with Gasteiger partial charge in [0, 0.05) is 43.1 Å². The Morgan fingerprint density at radius 1 is 0.882 bits per heavy atom. The SMILES string of the molecule is O=S1(=O)N=C(Nc2ccccc2CCCN2CCN(c3ccc(F)cc3)CC2)c2ccccc21. The standard InChI is InChI=1S/C26H27FN4O2S/c27-21-11-13-22(14-12-21)31-18-16-30(17-19-31)15-5-7-20-6-1-3-9-24(20)28-26-23-8-2-4-10-25(23)34(32,33)29-26/h1-4,6,8-14H,5,7,15-19H2,(H,28,29). The molecule has 1 N–H and O–H groups in total. The van der Waals surface area contributed by atoms with Gasteiger partial charge >= 0.3 is 0 Å². The summed E-state index contributed by atoms with van der Waals surface area (Å²) in [5.74, 6) is 0.169. The summed E-state index contributed by atoms with van der Waals surface area (Å²) in [6, 6.07) is 21.6. The van der Waals surface area contributed by atoms with Gasteiger partial charge in [-0.15, -0.1) is 4.40 Å². The molecule has 6 nitrogen and oxygen atoms in total. The highest BCUT2D eigenvalue weighted by Crippen LogP contribution is 2.28. The molecule has 0 bridgehead atoms. The number of nitrogens with zero attached hydrogens (tertiary/aromatic N) is 3. The molecule has 8 heteroatoms. The number of hydrogen-bond acceptors (Lipinski definition) is 5. The second-order valence-corrected chi connectivity index (χ2v) is 10.2. The molecule has 176 valence electrons. The normalized spacial score (nSPS) is 17.3. The first kappa shape index (κ1) is 22.6. The molecule has 3 aromatic carbocycles. The fourth-order valence-electron chi connectivity index (χ4n) is 4.56. The maximum Gasteiger partial charge on any atom is 0.285 e. The molecular formula is C26H27FN4O2S. The number of rotatable bonds is 6. The summed E-state index contributed by atoms with van der Waals surface area (Å²) in [6.45, 7) is 4.80. The minimum absolute atomic E-state index is 0.206. The lowest BCUT2D eigenvalue weighted by atomic mass is 10.1. The summed E-state index contributed by atoms with van der Waals surface area (Å²) in [7, 11) is -3.65. The number of anilines is 2. The quantitative estimate of drug-likeness (QED) is 0.577. The molecule has 0 aromatic heterocycles. The molecule has 0 atom stereocenters. The largest absolute Gasteiger partial charge is 0.369 e. The maximum atomic E-state index is 13.2. The van der Waals surface area contributed by atoms with Crippen LogP contribution in [0.2, 0.25) is 0 Å². The van der Waals surface area contributed by atoms with Crippen molar-refractivity contribution in [1.82, 2.24) is 4.90 Å². The van der Waals surface area contributed by atoms with Gasteiger partial charge in [-0.3, -0.25) is 4.90 Å². The number of nitrogens with one attached hydrogen (secondary N) is 1. The lowest BCUT2D eigenvalue weighted by Crippen LogP contribution is -2.46. The summed E-state index contributed by atoms with van der Waals surface area (Å²) in [4.78, 5) is 5.00. The van der Waals surface area contributed by atoms with Gasteiger partial charge in [-0.1, -0.05) is 30.3 Å². The van der Waals surface area contributed by atoms with Crippen molar-refractivity contribution in [3.05, 3.63) is 89.7 Å². The minimum atomic E-state index is -3.65. The molecule has 0 saturated carbocycles. The van der Waals surface area contributed by atoms with Crippen LogP contribution < -0.4 is 10.2 Å². The summed E-state index contributed by atoms with van der Waals surface area (Å²) in [6.07, 6.45) is 1.87. The lowest BCUT2D eigenvalue weighted by Gasteiger charge is -2.36. The molecule has 34 heavy (non-hydrogen) atoms. The van der Waals surface area contributed by atoms with Crippen molar-refractivity contribution in [3.8, 4) is 0 Å². The molecule has 0 aliphatic carbocycles. The molecule has 2 aliphatic heterocycles. The zero-order chi connectivity index (χ0) is 23.5. The van der Waals surface area contributed by atoms with Gasteiger partial charge in [0.25, 0.3) is 10.0 Å². The molecule has 2 aliphatic rings. The van der Waals surface area contributed by atoms with E-state index in [-0.39, 0.29) is 10.7 Å². The molecule has 5 rings (SSSR count). The van der Waals surface area contributed by atoms with Crippen molar-refractivity contribution in [2.75, 3.05) is 42.9 Å². The van der Waals surface area contributed by atoms with E-state index in [2.05, 4.69) is 25.6 Å². The van der Waals surface area contributed by atoms with Crippen molar-refractivity contribution >= 4 is 27.2 Å². The topological polar surface area (TPSA) is 65.0 Å². The number of amidine groups is 1. The molecule has 0 radical (unpaired) electrons. The van der Waals surface area contributed by atoms with Crippen molar-refractivity contribution in [3.63, 3.8) is 0 Å². The lowest BCUT2D eigenvalue weighted by molar-refractivity contribution is 0.255. The van der Waals surface area contributed by atoms with Crippen LogP contribution in [0.15, 0.2) is 82.1 Å². The van der Waals surface area contributed by atoms with Crippen LogP contribution in [0, 0.1) is 5.82 Å². The molecule has 0 unspecified atom stereocenters. The summed E-state index contributed by atoms with van der Waals surface area (Å²) < 4.78 is 41.9. The Hall–Kier alpha value is -3.23. The number of aryl methyl sites for hydroxylation is 1. The zero-order valence-electron chi connectivity index (χ0n) is 18.8. The molecule has 1 saturated heterocycles. The van der Waals surface area contributed by atoms with E-state index in [0.29, 0.717) is 11.4 Å². The average molecular weight is 479 g/mol. The number of halogens is 1. The van der Waals surface area contributed by atoms with E-state index in [4.69, 9.17) is 0 Å². The second-order valence-electron chi connectivity index (χ2n) is 8.60. The van der Waals surface area contributed by atoms with Crippen LogP contribution >= 0.6 is 0 Å². The van der Waals surface area contributed by atoms with Crippen LogP contribution in [0.5, 0.6) is 0 Å². The maximum absolute atomic E-state index is 13.2. The summed E-state index contributed by atoms with van der Waals surface area (Å²) >= 11 is 0. The van der Waals surface area contributed by atoms with Gasteiger partial charge in [0.2, 0.25) is 0 Å². The number of para-hydroxylation sites is 1. The first-order valence-electron chi connectivity index (χ1n) is 11.5. The monoisotopic (exact) mass is 478 g/mol. The highest BCUT2D eigenvalue weighted by atomic mass is 32.2. The zero-order valence-corrected chi connectivity index (χ0v) is 19.6. The first-order valence-corrected chi connectivity index (χ1v) is 13.0. The van der Waals surface area contributed by atoms with E-state index in [1.54, 1.807) is 18.2 Å². The van der Waals surface area contributed by atoms with E-state index in [1.807, 2.05) is 36.4 Å². The third-order valence-corrected chi connectivity index (χ3v) is 7.72. The van der Waals surface area contributed by atoms with Crippen LogP contribution in [-0.2, 0) is 16.4 Å². The Kier molecular flexibility index (Phi) is 6.34. The van der Waals surface area contributed by atoms with Gasteiger partial charge in [-0.05, 0) is 67.4 Å². The number of piperazine rings is 1. The van der Waals surface area contributed by atoms with E-state index in [1.165, 1.54) is 12.1 Å². The van der Waals surface area contributed by atoms with Crippen LogP contribution in [-0.4, -0.2) is 51.9 Å². The third-order valence-electron chi connectivity index (χ3n) is 6.39. The van der Waals surface area contributed by atoms with Crippen molar-refractivity contribution < 1.29 is 12.8 Å². The molecule has 3 aromatic rings. The Bertz CT molecular complexity index is 1300.